The van der Waals surface area contributed by atoms with E-state index in [-0.39, 0.29) is 32.2 Å². The van der Waals surface area contributed by atoms with E-state index in [0.29, 0.717) is 6.61 Å². The molecule has 280 valence electrons. The quantitative estimate of drug-likeness (QED) is 0.0588. The monoisotopic (exact) mass is 707 g/mol. The van der Waals surface area contributed by atoms with Crippen LogP contribution in [0.4, 0.5) is 5.82 Å². The van der Waals surface area contributed by atoms with E-state index >= 15 is 0 Å². The molecule has 1 aliphatic rings. The first-order valence-corrected chi connectivity index (χ1v) is 19.6. The van der Waals surface area contributed by atoms with Gasteiger partial charge in [0.25, 0.3) is 0 Å². The van der Waals surface area contributed by atoms with Crippen molar-refractivity contribution in [2.45, 2.75) is 147 Å². The minimum Gasteiger partial charge on any atom is -0.394 e. The van der Waals surface area contributed by atoms with Gasteiger partial charge in [-0.25, -0.2) is 4.79 Å². The lowest BCUT2D eigenvalue weighted by Gasteiger charge is -2.40. The number of nitrogens with zero attached hydrogens (tertiary/aromatic N) is 2. The molecule has 6 N–H and O–H groups in total. The molecule has 14 nitrogen and oxygen atoms in total. The number of aromatic nitrogens is 2. The zero-order chi connectivity index (χ0) is 35.0. The number of hydrogen-bond donors (Lipinski definition) is 5. The van der Waals surface area contributed by atoms with Gasteiger partial charge >= 0.3 is 13.3 Å². The van der Waals surface area contributed by atoms with E-state index in [0.717, 1.165) is 19.3 Å². The number of anilines is 1. The molecular formula is C33H62N3O11P. The van der Waals surface area contributed by atoms with E-state index in [2.05, 4.69) is 11.9 Å². The van der Waals surface area contributed by atoms with Crippen LogP contribution in [0.3, 0.4) is 0 Å². The van der Waals surface area contributed by atoms with Crippen molar-refractivity contribution in [2.24, 2.45) is 0 Å². The van der Waals surface area contributed by atoms with Gasteiger partial charge in [-0.3, -0.25) is 13.7 Å². The first kappa shape index (κ1) is 42.7. The Bertz CT molecular complexity index is 1060. The number of rotatable bonds is 29. The molecule has 2 rings (SSSR count). The predicted octanol–water partition coefficient (Wildman–Crippen LogP) is 4.10. The summed E-state index contributed by atoms with van der Waals surface area (Å²) in [6.07, 6.45) is 13.4. The summed E-state index contributed by atoms with van der Waals surface area (Å²) in [5, 5.41) is 40.0. The average molecular weight is 708 g/mol. The fourth-order valence-corrected chi connectivity index (χ4v) is 6.84. The van der Waals surface area contributed by atoms with Gasteiger partial charge in [0, 0.05) is 12.8 Å². The molecule has 1 fully saturated rings. The number of hydrogen-bond acceptors (Lipinski definition) is 13. The highest BCUT2D eigenvalue weighted by Gasteiger charge is 2.47. The second-order valence-corrected chi connectivity index (χ2v) is 14.5. The fourth-order valence-electron chi connectivity index (χ4n) is 5.45. The van der Waals surface area contributed by atoms with Gasteiger partial charge in [-0.15, -0.1) is 0 Å². The van der Waals surface area contributed by atoms with Gasteiger partial charge in [-0.2, -0.15) is 4.98 Å². The summed E-state index contributed by atoms with van der Waals surface area (Å²) in [4.78, 5) is 15.6. The van der Waals surface area contributed by atoms with Crippen molar-refractivity contribution in [3.63, 3.8) is 0 Å². The lowest BCUT2D eigenvalue weighted by Crippen LogP contribution is -2.59. The Hall–Kier alpha value is -1.45. The lowest BCUT2D eigenvalue weighted by atomic mass is 10.00. The van der Waals surface area contributed by atoms with Crippen LogP contribution in [0.15, 0.2) is 17.1 Å². The SMILES string of the molecule is CCCCCCCCCCCCCCCCCCOCCOP(=O)(COCCn1ccc(N)nc1=O)OC1O[C@H](CO)[C@H](O)[C@H](O)[C@H]1O. The molecule has 0 bridgehead atoms. The number of nitrogens with two attached hydrogens (primary N) is 1. The first-order valence-electron chi connectivity index (χ1n) is 17.9. The zero-order valence-electron chi connectivity index (χ0n) is 28.9. The number of nitrogen functional groups attached to an aromatic ring is 1. The van der Waals surface area contributed by atoms with Crippen molar-refractivity contribution in [3.05, 3.63) is 22.7 Å². The Morgan fingerprint density at radius 3 is 1.96 bits per heavy atom. The third-order valence-corrected chi connectivity index (χ3v) is 10.00. The smallest absolute Gasteiger partial charge is 0.358 e. The van der Waals surface area contributed by atoms with Crippen LogP contribution in [0, 0.1) is 0 Å². The highest BCUT2D eigenvalue weighted by atomic mass is 31.2. The maximum Gasteiger partial charge on any atom is 0.358 e. The molecule has 0 aliphatic carbocycles. The second kappa shape index (κ2) is 25.5. The number of unbranched alkanes of at least 4 members (excludes halogenated alkanes) is 15. The Labute approximate surface area is 285 Å². The van der Waals surface area contributed by atoms with E-state index in [9.17, 15) is 29.8 Å². The maximum atomic E-state index is 13.6. The highest BCUT2D eigenvalue weighted by molar-refractivity contribution is 7.53. The number of aliphatic hydroxyl groups excluding tert-OH is 4. The Morgan fingerprint density at radius 1 is 0.812 bits per heavy atom. The van der Waals surface area contributed by atoms with Crippen LogP contribution in [0.5, 0.6) is 0 Å². The molecule has 0 radical (unpaired) electrons. The highest BCUT2D eigenvalue weighted by Crippen LogP contribution is 2.50. The summed E-state index contributed by atoms with van der Waals surface area (Å²) in [6, 6.07) is 1.46. The summed E-state index contributed by atoms with van der Waals surface area (Å²) in [5.74, 6) is 0.0834. The van der Waals surface area contributed by atoms with Gasteiger partial charge in [0.15, 0.2) is 6.29 Å². The molecule has 0 saturated carbocycles. The van der Waals surface area contributed by atoms with Gasteiger partial charge in [0.05, 0.1) is 33.0 Å². The molecule has 6 atom stereocenters. The van der Waals surface area contributed by atoms with E-state index in [1.807, 2.05) is 0 Å². The topological polar surface area (TPSA) is 205 Å². The van der Waals surface area contributed by atoms with E-state index in [1.54, 1.807) is 0 Å². The van der Waals surface area contributed by atoms with Crippen LogP contribution in [-0.2, 0) is 34.4 Å². The fraction of sp³-hybridized carbons (Fsp3) is 0.879. The molecule has 0 spiro atoms. The molecule has 1 saturated heterocycles. The van der Waals surface area contributed by atoms with Crippen molar-refractivity contribution in [2.75, 3.05) is 45.1 Å². The van der Waals surface area contributed by atoms with Crippen LogP contribution >= 0.6 is 7.60 Å². The van der Waals surface area contributed by atoms with E-state index < -0.39 is 56.9 Å². The third-order valence-electron chi connectivity index (χ3n) is 8.39. The number of aliphatic hydroxyl groups is 4. The van der Waals surface area contributed by atoms with Crippen LogP contribution in [0.1, 0.15) is 110 Å². The molecule has 1 aromatic rings. The second-order valence-electron chi connectivity index (χ2n) is 12.5. The standard InChI is InChI=1S/C33H62N3O11P/c1-2-3-4-5-6-7-8-9-10-11-12-13-14-15-16-17-21-43-23-24-45-48(42,26-44-22-20-36-19-18-28(34)35-33(36)41)47-32-31(40)30(39)29(38)27(25-37)46-32/h18-19,27,29-32,37-40H,2-17,20-26H2,1H3,(H2,34,35,41)/t27-,29+,30+,31-,32?,48?/m1/s1. The molecule has 48 heavy (non-hydrogen) atoms. The summed E-state index contributed by atoms with van der Waals surface area (Å²) >= 11 is 0. The van der Waals surface area contributed by atoms with Gasteiger partial charge in [-0.1, -0.05) is 103 Å². The Kier molecular flexibility index (Phi) is 22.7. The van der Waals surface area contributed by atoms with Gasteiger partial charge < -0.3 is 44.9 Å². The van der Waals surface area contributed by atoms with Gasteiger partial charge in [0.1, 0.15) is 36.6 Å². The van der Waals surface area contributed by atoms with Crippen LogP contribution in [-0.4, -0.2) is 100 Å². The number of ether oxygens (including phenoxy) is 3. The summed E-state index contributed by atoms with van der Waals surface area (Å²) in [7, 11) is -4.13. The van der Waals surface area contributed by atoms with Crippen molar-refractivity contribution >= 4 is 13.4 Å². The Balaban J connectivity index is 1.63. The normalized spacial score (nSPS) is 22.6. The summed E-state index contributed by atoms with van der Waals surface area (Å²) in [5.41, 5.74) is 4.93. The third kappa shape index (κ3) is 17.5. The molecule has 0 aromatic carbocycles. The zero-order valence-corrected chi connectivity index (χ0v) is 29.8. The molecular weight excluding hydrogens is 645 g/mol. The summed E-state index contributed by atoms with van der Waals surface area (Å²) < 4.78 is 42.3. The lowest BCUT2D eigenvalue weighted by molar-refractivity contribution is -0.279. The molecule has 15 heteroatoms. The largest absolute Gasteiger partial charge is 0.394 e. The van der Waals surface area contributed by atoms with E-state index in [1.165, 1.54) is 100 Å². The minimum atomic E-state index is -4.13. The summed E-state index contributed by atoms with van der Waals surface area (Å²) in [6.45, 7) is 2.14. The van der Waals surface area contributed by atoms with E-state index in [4.69, 9.17) is 29.0 Å². The van der Waals surface area contributed by atoms with Crippen molar-refractivity contribution in [3.8, 4) is 0 Å². The maximum absolute atomic E-state index is 13.6. The minimum absolute atomic E-state index is 0.0628. The molecule has 2 unspecified atom stereocenters. The van der Waals surface area contributed by atoms with Crippen LogP contribution in [0.25, 0.3) is 0 Å². The van der Waals surface area contributed by atoms with Crippen molar-refractivity contribution in [1.82, 2.24) is 9.55 Å². The predicted molar refractivity (Wildman–Crippen MR) is 183 cm³/mol. The molecule has 0 amide bonds. The molecule has 2 heterocycles. The van der Waals surface area contributed by atoms with Crippen molar-refractivity contribution in [1.29, 1.82) is 0 Å². The Morgan fingerprint density at radius 2 is 1.40 bits per heavy atom. The first-order chi connectivity index (χ1) is 23.2. The van der Waals surface area contributed by atoms with Gasteiger partial charge in [-0.05, 0) is 12.5 Å². The molecule has 1 aliphatic heterocycles. The van der Waals surface area contributed by atoms with Crippen molar-refractivity contribution < 1.29 is 48.2 Å². The van der Waals surface area contributed by atoms with Gasteiger partial charge in [0.2, 0.25) is 0 Å². The van der Waals surface area contributed by atoms with Crippen LogP contribution < -0.4 is 11.4 Å². The average Bonchev–Trinajstić information content (AvgIpc) is 3.07. The van der Waals surface area contributed by atoms with Crippen LogP contribution in [0.2, 0.25) is 0 Å². The molecule has 1 aromatic heterocycles.